The Morgan fingerprint density at radius 2 is 1.69 bits per heavy atom. The number of hydrogen-bond acceptors (Lipinski definition) is 5. The van der Waals surface area contributed by atoms with E-state index in [0.717, 1.165) is 29.4 Å². The molecule has 0 amide bonds. The maximum atomic E-state index is 14.0. The summed E-state index contributed by atoms with van der Waals surface area (Å²) >= 11 is 0. The first-order chi connectivity index (χ1) is 17.1. The van der Waals surface area contributed by atoms with E-state index in [9.17, 15) is 8.42 Å². The number of pyridine rings is 1. The van der Waals surface area contributed by atoms with Gasteiger partial charge in [-0.05, 0) is 66.8 Å². The molecule has 1 aliphatic heterocycles. The van der Waals surface area contributed by atoms with Crippen molar-refractivity contribution in [2.24, 2.45) is 5.92 Å². The van der Waals surface area contributed by atoms with E-state index >= 15 is 0 Å². The van der Waals surface area contributed by atoms with Crippen LogP contribution in [0.1, 0.15) is 36.9 Å². The van der Waals surface area contributed by atoms with Crippen LogP contribution in [0, 0.1) is 5.92 Å². The number of nitrogens with zero attached hydrogens (tertiary/aromatic N) is 2. The molecule has 0 radical (unpaired) electrons. The highest BCUT2D eigenvalue weighted by molar-refractivity contribution is 7.90. The van der Waals surface area contributed by atoms with Crippen molar-refractivity contribution in [2.45, 2.75) is 30.6 Å². The van der Waals surface area contributed by atoms with Crippen molar-refractivity contribution in [1.82, 2.24) is 8.96 Å². The predicted octanol–water partition coefficient (Wildman–Crippen LogP) is 5.67. The average Bonchev–Trinajstić information content (AvgIpc) is 3.55. The Morgan fingerprint density at radius 3 is 2.49 bits per heavy atom. The van der Waals surface area contributed by atoms with Gasteiger partial charge in [-0.1, -0.05) is 43.2 Å². The third-order valence-corrected chi connectivity index (χ3v) is 8.45. The molecule has 7 heteroatoms. The van der Waals surface area contributed by atoms with Crippen molar-refractivity contribution in [3.05, 3.63) is 90.3 Å². The number of fused-ring (bicyclic) bond motifs is 2. The van der Waals surface area contributed by atoms with Crippen LogP contribution in [-0.2, 0) is 10.0 Å². The molecular weight excluding hydrogens is 460 g/mol. The third kappa shape index (κ3) is 4.00. The van der Waals surface area contributed by atoms with E-state index in [-0.39, 0.29) is 4.90 Å². The lowest BCUT2D eigenvalue weighted by molar-refractivity contribution is 0.171. The molecule has 0 atom stereocenters. The number of rotatable bonds is 5. The molecule has 1 aliphatic carbocycles. The summed E-state index contributed by atoms with van der Waals surface area (Å²) in [5.74, 6) is 1.77. The molecule has 6 rings (SSSR count). The van der Waals surface area contributed by atoms with Gasteiger partial charge < -0.3 is 9.47 Å². The Bertz CT molecular complexity index is 1520. The van der Waals surface area contributed by atoms with Gasteiger partial charge in [0.15, 0.2) is 17.1 Å². The van der Waals surface area contributed by atoms with E-state index in [2.05, 4.69) is 11.1 Å². The number of hydrogen-bond donors (Lipinski definition) is 0. The second kappa shape index (κ2) is 8.89. The van der Waals surface area contributed by atoms with E-state index in [1.54, 1.807) is 30.5 Å². The van der Waals surface area contributed by atoms with Gasteiger partial charge in [-0.2, -0.15) is 0 Å². The van der Waals surface area contributed by atoms with Crippen LogP contribution in [0.3, 0.4) is 0 Å². The molecule has 0 saturated heterocycles. The highest BCUT2D eigenvalue weighted by Gasteiger charge is 2.27. The smallest absolute Gasteiger partial charge is 0.269 e. The predicted molar refractivity (Wildman–Crippen MR) is 135 cm³/mol. The summed E-state index contributed by atoms with van der Waals surface area (Å²) in [6, 6.07) is 20.0. The lowest BCUT2D eigenvalue weighted by atomic mass is 9.96. The summed E-state index contributed by atoms with van der Waals surface area (Å²) in [7, 11) is -3.90. The largest absolute Gasteiger partial charge is 0.486 e. The van der Waals surface area contributed by atoms with Crippen molar-refractivity contribution in [2.75, 3.05) is 13.2 Å². The van der Waals surface area contributed by atoms with Gasteiger partial charge in [0.1, 0.15) is 13.2 Å². The Morgan fingerprint density at radius 1 is 0.914 bits per heavy atom. The lowest BCUT2D eigenvalue weighted by Gasteiger charge is -2.20. The topological polar surface area (TPSA) is 70.4 Å². The first kappa shape index (κ1) is 21.9. The first-order valence-corrected chi connectivity index (χ1v) is 13.4. The van der Waals surface area contributed by atoms with Gasteiger partial charge in [0, 0.05) is 17.2 Å². The van der Waals surface area contributed by atoms with Crippen molar-refractivity contribution < 1.29 is 17.9 Å². The summed E-state index contributed by atoms with van der Waals surface area (Å²) in [6.45, 7) is 1.01. The number of aromatic nitrogens is 2. The van der Waals surface area contributed by atoms with Crippen LogP contribution in [0.4, 0.5) is 0 Å². The number of ether oxygens (including phenoxy) is 2. The van der Waals surface area contributed by atoms with E-state index in [1.165, 1.54) is 16.8 Å². The molecule has 3 heterocycles. The highest BCUT2D eigenvalue weighted by atomic mass is 32.2. The minimum atomic E-state index is -3.90. The molecule has 1 fully saturated rings. The second-order valence-corrected chi connectivity index (χ2v) is 10.8. The van der Waals surface area contributed by atoms with E-state index < -0.39 is 10.0 Å². The fourth-order valence-corrected chi connectivity index (χ4v) is 6.54. The van der Waals surface area contributed by atoms with E-state index in [0.29, 0.717) is 42.0 Å². The van der Waals surface area contributed by atoms with Crippen LogP contribution in [0.2, 0.25) is 0 Å². The normalized spacial score (nSPS) is 16.6. The molecule has 4 aromatic rings. The van der Waals surface area contributed by atoms with Gasteiger partial charge >= 0.3 is 0 Å². The SMILES string of the molecule is O=S(=O)(c1ccccc1)n1c(/C(=C/C2CCCC2)c2ccc3c(c2)OCCO3)cc2cccnc21. The highest BCUT2D eigenvalue weighted by Crippen LogP contribution is 2.39. The molecule has 35 heavy (non-hydrogen) atoms. The summed E-state index contributed by atoms with van der Waals surface area (Å²) < 4.78 is 41.0. The van der Waals surface area contributed by atoms with Crippen molar-refractivity contribution in [3.8, 4) is 11.5 Å². The van der Waals surface area contributed by atoms with Crippen LogP contribution in [0.15, 0.2) is 83.9 Å². The Balaban J connectivity index is 1.61. The Labute approximate surface area is 204 Å². The molecule has 6 nitrogen and oxygen atoms in total. The van der Waals surface area contributed by atoms with Gasteiger partial charge in [0.2, 0.25) is 0 Å². The van der Waals surface area contributed by atoms with Crippen molar-refractivity contribution >= 4 is 26.6 Å². The molecule has 2 aliphatic rings. The summed E-state index contributed by atoms with van der Waals surface area (Å²) in [5.41, 5.74) is 2.78. The average molecular weight is 487 g/mol. The number of allylic oxidation sites excluding steroid dienone is 1. The standard InChI is InChI=1S/C28H26N2O4S/c31-35(32,23-10-2-1-3-11-23)30-25(18-22-9-6-14-29-28(22)30)24(17-20-7-4-5-8-20)21-12-13-26-27(19-21)34-16-15-33-26/h1-3,6,9-14,17-20H,4-5,7-8,15-16H2/b24-17+. The van der Waals surface area contributed by atoms with Crippen LogP contribution >= 0.6 is 0 Å². The molecule has 0 unspecified atom stereocenters. The maximum Gasteiger partial charge on any atom is 0.269 e. The Kier molecular flexibility index (Phi) is 5.57. The van der Waals surface area contributed by atoms with E-state index in [1.807, 2.05) is 42.5 Å². The first-order valence-electron chi connectivity index (χ1n) is 12.0. The fraction of sp³-hybridized carbons (Fsp3) is 0.250. The second-order valence-electron chi connectivity index (χ2n) is 9.01. The summed E-state index contributed by atoms with van der Waals surface area (Å²) in [4.78, 5) is 4.71. The monoisotopic (exact) mass is 486 g/mol. The molecule has 2 aromatic carbocycles. The number of benzene rings is 2. The fourth-order valence-electron chi connectivity index (χ4n) is 5.04. The van der Waals surface area contributed by atoms with Gasteiger partial charge in [-0.25, -0.2) is 17.4 Å². The molecular formula is C28H26N2O4S. The molecule has 0 bridgehead atoms. The minimum Gasteiger partial charge on any atom is -0.486 e. The molecule has 0 N–H and O–H groups in total. The maximum absolute atomic E-state index is 14.0. The quantitative estimate of drug-likeness (QED) is 0.364. The van der Waals surface area contributed by atoms with Crippen LogP contribution in [-0.4, -0.2) is 30.6 Å². The van der Waals surface area contributed by atoms with Crippen LogP contribution < -0.4 is 9.47 Å². The van der Waals surface area contributed by atoms with Crippen molar-refractivity contribution in [3.63, 3.8) is 0 Å². The van der Waals surface area contributed by atoms with Crippen LogP contribution in [0.25, 0.3) is 16.6 Å². The lowest BCUT2D eigenvalue weighted by Crippen LogP contribution is -2.17. The minimum absolute atomic E-state index is 0.229. The molecule has 2 aromatic heterocycles. The molecule has 1 saturated carbocycles. The zero-order valence-electron chi connectivity index (χ0n) is 19.3. The summed E-state index contributed by atoms with van der Waals surface area (Å²) in [6.07, 6.45) is 8.43. The van der Waals surface area contributed by atoms with Gasteiger partial charge in [-0.3, -0.25) is 0 Å². The van der Waals surface area contributed by atoms with Gasteiger partial charge in [-0.15, -0.1) is 0 Å². The zero-order valence-corrected chi connectivity index (χ0v) is 20.1. The van der Waals surface area contributed by atoms with Crippen LogP contribution in [0.5, 0.6) is 11.5 Å². The summed E-state index contributed by atoms with van der Waals surface area (Å²) in [5, 5.41) is 0.775. The van der Waals surface area contributed by atoms with Gasteiger partial charge in [0.25, 0.3) is 10.0 Å². The van der Waals surface area contributed by atoms with Crippen molar-refractivity contribution in [1.29, 1.82) is 0 Å². The Hall–Kier alpha value is -3.58. The zero-order chi connectivity index (χ0) is 23.8. The molecule has 178 valence electrons. The molecule has 0 spiro atoms. The van der Waals surface area contributed by atoms with Gasteiger partial charge in [0.05, 0.1) is 10.6 Å². The third-order valence-electron chi connectivity index (χ3n) is 6.73. The van der Waals surface area contributed by atoms with E-state index in [4.69, 9.17) is 9.47 Å².